The van der Waals surface area contributed by atoms with Crippen LogP contribution in [0.25, 0.3) is 0 Å². The van der Waals surface area contributed by atoms with Gasteiger partial charge in [0, 0.05) is 44.7 Å². The number of ether oxygens (including phenoxy) is 1. The number of amides is 3. The molecule has 1 aromatic carbocycles. The summed E-state index contributed by atoms with van der Waals surface area (Å²) >= 11 is 0. The quantitative estimate of drug-likeness (QED) is 0.664. The van der Waals surface area contributed by atoms with Crippen LogP contribution in [0, 0.1) is 6.92 Å². The normalized spacial score (nSPS) is 15.9. The molecule has 1 aromatic rings. The molecule has 6 heteroatoms. The first-order chi connectivity index (χ1) is 12.6. The molecule has 1 saturated heterocycles. The number of hydrogen-bond donors (Lipinski definition) is 3. The number of aryl methyl sites for hydroxylation is 1. The molecule has 3 amide bonds. The standard InChI is InChI=1S/C20H31N3O3/c1-3-11-21-18(24)8-12-22-19(25)23-15-20(9-13-26-14-10-20)17-7-5-4-6-16(17)2/h4-7H,3,8-15H2,1-2H3,(H,21,24)(H2,22,23,25). The van der Waals surface area contributed by atoms with Gasteiger partial charge >= 0.3 is 6.03 Å². The van der Waals surface area contributed by atoms with Crippen LogP contribution in [0.5, 0.6) is 0 Å². The fourth-order valence-corrected chi connectivity index (χ4v) is 3.43. The fourth-order valence-electron chi connectivity index (χ4n) is 3.43. The second kappa shape index (κ2) is 10.2. The van der Waals surface area contributed by atoms with Gasteiger partial charge in [-0.2, -0.15) is 0 Å². The maximum atomic E-state index is 12.2. The van der Waals surface area contributed by atoms with Crippen LogP contribution in [0.3, 0.4) is 0 Å². The molecule has 2 rings (SSSR count). The van der Waals surface area contributed by atoms with E-state index in [1.807, 2.05) is 13.0 Å². The van der Waals surface area contributed by atoms with Crippen LogP contribution >= 0.6 is 0 Å². The average molecular weight is 361 g/mol. The van der Waals surface area contributed by atoms with E-state index in [4.69, 9.17) is 4.74 Å². The Morgan fingerprint density at radius 2 is 1.81 bits per heavy atom. The number of nitrogens with one attached hydrogen (secondary N) is 3. The molecule has 0 unspecified atom stereocenters. The summed E-state index contributed by atoms with van der Waals surface area (Å²) in [5, 5.41) is 8.57. The summed E-state index contributed by atoms with van der Waals surface area (Å²) in [7, 11) is 0. The van der Waals surface area contributed by atoms with E-state index in [1.165, 1.54) is 11.1 Å². The number of urea groups is 1. The lowest BCUT2D eigenvalue weighted by Crippen LogP contribution is -2.48. The fraction of sp³-hybridized carbons (Fsp3) is 0.600. The molecule has 6 nitrogen and oxygen atoms in total. The van der Waals surface area contributed by atoms with E-state index >= 15 is 0 Å². The third-order valence-corrected chi connectivity index (χ3v) is 4.96. The van der Waals surface area contributed by atoms with Crippen LogP contribution < -0.4 is 16.0 Å². The summed E-state index contributed by atoms with van der Waals surface area (Å²) < 4.78 is 5.54. The van der Waals surface area contributed by atoms with Gasteiger partial charge in [0.05, 0.1) is 0 Å². The van der Waals surface area contributed by atoms with Crippen molar-refractivity contribution in [1.29, 1.82) is 0 Å². The van der Waals surface area contributed by atoms with Gasteiger partial charge in [0.2, 0.25) is 5.91 Å². The Hall–Kier alpha value is -2.08. The second-order valence-corrected chi connectivity index (χ2v) is 6.92. The maximum Gasteiger partial charge on any atom is 0.314 e. The largest absolute Gasteiger partial charge is 0.381 e. The smallest absolute Gasteiger partial charge is 0.314 e. The topological polar surface area (TPSA) is 79.5 Å². The van der Waals surface area contributed by atoms with E-state index in [1.54, 1.807) is 0 Å². The highest BCUT2D eigenvalue weighted by Gasteiger charge is 2.35. The second-order valence-electron chi connectivity index (χ2n) is 6.92. The molecule has 26 heavy (non-hydrogen) atoms. The Bertz CT molecular complexity index is 598. The summed E-state index contributed by atoms with van der Waals surface area (Å²) in [6.45, 7) is 7.10. The van der Waals surface area contributed by atoms with E-state index in [0.29, 0.717) is 39.3 Å². The summed E-state index contributed by atoms with van der Waals surface area (Å²) in [5.41, 5.74) is 2.42. The molecule has 0 saturated carbocycles. The highest BCUT2D eigenvalue weighted by molar-refractivity contribution is 5.78. The van der Waals surface area contributed by atoms with Crippen molar-refractivity contribution >= 4 is 11.9 Å². The maximum absolute atomic E-state index is 12.2. The molecular weight excluding hydrogens is 330 g/mol. The summed E-state index contributed by atoms with van der Waals surface area (Å²) in [6, 6.07) is 8.12. The first-order valence-electron chi connectivity index (χ1n) is 9.49. The van der Waals surface area contributed by atoms with Crippen molar-refractivity contribution in [2.75, 3.05) is 32.8 Å². The lowest BCUT2D eigenvalue weighted by molar-refractivity contribution is -0.120. The summed E-state index contributed by atoms with van der Waals surface area (Å²) in [6.07, 6.45) is 2.98. The predicted molar refractivity (Wildman–Crippen MR) is 102 cm³/mol. The van der Waals surface area contributed by atoms with E-state index in [9.17, 15) is 9.59 Å². The zero-order valence-electron chi connectivity index (χ0n) is 15.9. The Labute approximate surface area is 156 Å². The monoisotopic (exact) mass is 361 g/mol. The minimum atomic E-state index is -0.229. The van der Waals surface area contributed by atoms with Gasteiger partial charge in [-0.1, -0.05) is 31.2 Å². The lowest BCUT2D eigenvalue weighted by atomic mass is 9.72. The van der Waals surface area contributed by atoms with E-state index < -0.39 is 0 Å². The van der Waals surface area contributed by atoms with Gasteiger partial charge in [-0.3, -0.25) is 4.79 Å². The number of benzene rings is 1. The minimum Gasteiger partial charge on any atom is -0.381 e. The van der Waals surface area contributed by atoms with E-state index in [2.05, 4.69) is 41.1 Å². The minimum absolute atomic E-state index is 0.0343. The Morgan fingerprint density at radius 3 is 2.50 bits per heavy atom. The van der Waals surface area contributed by atoms with Crippen molar-refractivity contribution in [2.24, 2.45) is 0 Å². The van der Waals surface area contributed by atoms with E-state index in [0.717, 1.165) is 19.3 Å². The molecule has 144 valence electrons. The van der Waals surface area contributed by atoms with Crippen molar-refractivity contribution in [2.45, 2.75) is 44.9 Å². The van der Waals surface area contributed by atoms with Crippen molar-refractivity contribution in [3.63, 3.8) is 0 Å². The average Bonchev–Trinajstić information content (AvgIpc) is 2.66. The number of rotatable bonds is 8. The van der Waals surface area contributed by atoms with Gasteiger partial charge in [-0.15, -0.1) is 0 Å². The zero-order valence-corrected chi connectivity index (χ0v) is 15.9. The van der Waals surface area contributed by atoms with Gasteiger partial charge in [0.1, 0.15) is 0 Å². The highest BCUT2D eigenvalue weighted by atomic mass is 16.5. The van der Waals surface area contributed by atoms with Crippen LogP contribution in [0.1, 0.15) is 43.7 Å². The molecular formula is C20H31N3O3. The highest BCUT2D eigenvalue weighted by Crippen LogP contribution is 2.36. The van der Waals surface area contributed by atoms with Gasteiger partial charge in [-0.05, 0) is 37.3 Å². The molecule has 3 N–H and O–H groups in total. The molecule has 1 aliphatic heterocycles. The van der Waals surface area contributed by atoms with Crippen molar-refractivity contribution in [3.05, 3.63) is 35.4 Å². The van der Waals surface area contributed by atoms with Crippen LogP contribution in [-0.2, 0) is 14.9 Å². The molecule has 0 bridgehead atoms. The van der Waals surface area contributed by atoms with Gasteiger partial charge in [0.25, 0.3) is 0 Å². The van der Waals surface area contributed by atoms with Crippen molar-refractivity contribution in [1.82, 2.24) is 16.0 Å². The summed E-state index contributed by atoms with van der Waals surface area (Å²) in [4.78, 5) is 23.7. The number of carbonyl (C=O) groups excluding carboxylic acids is 2. The van der Waals surface area contributed by atoms with Crippen molar-refractivity contribution < 1.29 is 14.3 Å². The molecule has 1 heterocycles. The summed E-state index contributed by atoms with van der Waals surface area (Å²) in [5.74, 6) is -0.0343. The Morgan fingerprint density at radius 1 is 1.08 bits per heavy atom. The third-order valence-electron chi connectivity index (χ3n) is 4.96. The van der Waals surface area contributed by atoms with Crippen LogP contribution in [-0.4, -0.2) is 44.8 Å². The third kappa shape index (κ3) is 5.73. The molecule has 1 aliphatic rings. The number of hydrogen-bond acceptors (Lipinski definition) is 3. The molecule has 0 spiro atoms. The molecule has 0 atom stereocenters. The van der Waals surface area contributed by atoms with Crippen molar-refractivity contribution in [3.8, 4) is 0 Å². The predicted octanol–water partition coefficient (Wildman–Crippen LogP) is 2.26. The molecule has 1 fully saturated rings. The molecule has 0 aromatic heterocycles. The molecule has 0 aliphatic carbocycles. The first-order valence-corrected chi connectivity index (χ1v) is 9.49. The van der Waals surface area contributed by atoms with Crippen LogP contribution in [0.4, 0.5) is 4.79 Å². The van der Waals surface area contributed by atoms with Gasteiger partial charge in [-0.25, -0.2) is 4.79 Å². The van der Waals surface area contributed by atoms with Crippen LogP contribution in [0.15, 0.2) is 24.3 Å². The Balaban J connectivity index is 1.87. The van der Waals surface area contributed by atoms with Crippen LogP contribution in [0.2, 0.25) is 0 Å². The Kier molecular flexibility index (Phi) is 7.91. The number of carbonyl (C=O) groups is 2. The lowest BCUT2D eigenvalue weighted by Gasteiger charge is -2.39. The SMILES string of the molecule is CCCNC(=O)CCNC(=O)NCC1(c2ccccc2C)CCOCC1. The first kappa shape index (κ1) is 20.2. The van der Waals surface area contributed by atoms with Gasteiger partial charge < -0.3 is 20.7 Å². The zero-order chi connectivity index (χ0) is 18.8. The van der Waals surface area contributed by atoms with E-state index in [-0.39, 0.29) is 17.4 Å². The molecule has 0 radical (unpaired) electrons. The van der Waals surface area contributed by atoms with Gasteiger partial charge in [0.15, 0.2) is 0 Å².